The van der Waals surface area contributed by atoms with Crippen molar-refractivity contribution in [1.82, 2.24) is 20.0 Å². The molecule has 1 amide bonds. The Balaban J connectivity index is 1.32. The number of aromatic nitrogens is 3. The van der Waals surface area contributed by atoms with Gasteiger partial charge >= 0.3 is 0 Å². The Bertz CT molecular complexity index is 953. The highest BCUT2D eigenvalue weighted by Gasteiger charge is 2.30. The molecule has 150 valence electrons. The van der Waals surface area contributed by atoms with E-state index < -0.39 is 0 Å². The molecule has 1 fully saturated rings. The van der Waals surface area contributed by atoms with Gasteiger partial charge in [0.25, 0.3) is 0 Å². The van der Waals surface area contributed by atoms with Crippen LogP contribution in [0.25, 0.3) is 11.5 Å². The average molecular weight is 456 g/mol. The van der Waals surface area contributed by atoms with Crippen LogP contribution in [0.2, 0.25) is 0 Å². The molecule has 1 unspecified atom stereocenters. The Morgan fingerprint density at radius 2 is 1.97 bits per heavy atom. The number of halogens is 1. The molecule has 4 rings (SSSR count). The molecule has 3 aromatic rings. The molecular formula is C21H22BrN5O2. The van der Waals surface area contributed by atoms with E-state index in [2.05, 4.69) is 41.3 Å². The predicted molar refractivity (Wildman–Crippen MR) is 113 cm³/mol. The second-order valence-electron chi connectivity index (χ2n) is 7.15. The van der Waals surface area contributed by atoms with Crippen molar-refractivity contribution in [2.24, 2.45) is 0 Å². The molecule has 1 saturated heterocycles. The second-order valence-corrected chi connectivity index (χ2v) is 8.07. The fraction of sp³-hybridized carbons (Fsp3) is 0.333. The van der Waals surface area contributed by atoms with Gasteiger partial charge in [0.05, 0.1) is 6.04 Å². The van der Waals surface area contributed by atoms with Gasteiger partial charge in [-0.3, -0.25) is 14.7 Å². The number of anilines is 1. The molecule has 1 aliphatic rings. The number of likely N-dealkylation sites (tertiary alicyclic amines) is 1. The fourth-order valence-corrected chi connectivity index (χ4v) is 3.74. The van der Waals surface area contributed by atoms with Crippen LogP contribution in [0.1, 0.15) is 31.6 Å². The molecule has 3 heterocycles. The van der Waals surface area contributed by atoms with Gasteiger partial charge in [-0.25, -0.2) is 0 Å². The van der Waals surface area contributed by atoms with Gasteiger partial charge in [-0.15, -0.1) is 0 Å². The minimum atomic E-state index is -0.202. The lowest BCUT2D eigenvalue weighted by molar-refractivity contribution is -0.121. The van der Waals surface area contributed by atoms with Crippen LogP contribution in [-0.2, 0) is 4.79 Å². The summed E-state index contributed by atoms with van der Waals surface area (Å²) in [6, 6.07) is 13.0. The summed E-state index contributed by atoms with van der Waals surface area (Å²) in [6.07, 6.45) is 3.46. The molecule has 0 aliphatic carbocycles. The van der Waals surface area contributed by atoms with Gasteiger partial charge < -0.3 is 9.84 Å². The summed E-state index contributed by atoms with van der Waals surface area (Å²) in [7, 11) is 0. The predicted octanol–water partition coefficient (Wildman–Crippen LogP) is 4.10. The van der Waals surface area contributed by atoms with Gasteiger partial charge in [-0.2, -0.15) is 4.98 Å². The van der Waals surface area contributed by atoms with Crippen molar-refractivity contribution in [1.29, 1.82) is 0 Å². The Morgan fingerprint density at radius 1 is 1.21 bits per heavy atom. The monoisotopic (exact) mass is 455 g/mol. The van der Waals surface area contributed by atoms with Crippen molar-refractivity contribution in [3.63, 3.8) is 0 Å². The third-order valence-electron chi connectivity index (χ3n) is 5.25. The highest BCUT2D eigenvalue weighted by molar-refractivity contribution is 9.10. The number of rotatable bonds is 5. The molecule has 1 aromatic carbocycles. The zero-order chi connectivity index (χ0) is 20.2. The van der Waals surface area contributed by atoms with E-state index in [1.54, 1.807) is 6.20 Å². The minimum Gasteiger partial charge on any atom is -0.339 e. The number of nitrogens with zero attached hydrogens (tertiary/aromatic N) is 4. The largest absolute Gasteiger partial charge is 0.339 e. The number of nitrogens with one attached hydrogen (secondary N) is 1. The third-order valence-corrected chi connectivity index (χ3v) is 5.78. The van der Waals surface area contributed by atoms with Crippen LogP contribution in [0.5, 0.6) is 0 Å². The van der Waals surface area contributed by atoms with Gasteiger partial charge in [0.15, 0.2) is 0 Å². The topological polar surface area (TPSA) is 84.2 Å². The number of piperidine rings is 1. The van der Waals surface area contributed by atoms with Crippen LogP contribution >= 0.6 is 15.9 Å². The summed E-state index contributed by atoms with van der Waals surface area (Å²) in [5.74, 6) is 1.38. The second kappa shape index (κ2) is 8.84. The van der Waals surface area contributed by atoms with Crippen molar-refractivity contribution >= 4 is 27.5 Å². The Morgan fingerprint density at radius 3 is 2.66 bits per heavy atom. The number of hydrogen-bond donors (Lipinski definition) is 1. The van der Waals surface area contributed by atoms with Crippen molar-refractivity contribution in [2.45, 2.75) is 31.7 Å². The van der Waals surface area contributed by atoms with E-state index in [-0.39, 0.29) is 17.9 Å². The summed E-state index contributed by atoms with van der Waals surface area (Å²) in [6.45, 7) is 3.56. The summed E-state index contributed by atoms with van der Waals surface area (Å²) < 4.78 is 6.47. The smallest absolute Gasteiger partial charge is 0.241 e. The highest BCUT2D eigenvalue weighted by atomic mass is 79.9. The van der Waals surface area contributed by atoms with Gasteiger partial charge in [0, 0.05) is 22.3 Å². The molecule has 0 saturated carbocycles. The van der Waals surface area contributed by atoms with Crippen molar-refractivity contribution in [3.05, 3.63) is 59.0 Å². The first-order valence-electron chi connectivity index (χ1n) is 9.65. The van der Waals surface area contributed by atoms with Crippen LogP contribution in [-0.4, -0.2) is 45.1 Å². The zero-order valence-corrected chi connectivity index (χ0v) is 17.7. The van der Waals surface area contributed by atoms with Gasteiger partial charge in [0.2, 0.25) is 17.6 Å². The summed E-state index contributed by atoms with van der Waals surface area (Å²) >= 11 is 3.40. The molecule has 1 N–H and O–H groups in total. The van der Waals surface area contributed by atoms with Crippen LogP contribution in [0.4, 0.5) is 5.69 Å². The molecule has 2 aromatic heterocycles. The van der Waals surface area contributed by atoms with E-state index in [1.807, 2.05) is 49.4 Å². The molecule has 7 nitrogen and oxygen atoms in total. The maximum atomic E-state index is 12.6. The van der Waals surface area contributed by atoms with Crippen LogP contribution < -0.4 is 5.32 Å². The van der Waals surface area contributed by atoms with Crippen molar-refractivity contribution in [3.8, 4) is 11.5 Å². The lowest BCUT2D eigenvalue weighted by atomic mass is 9.95. The summed E-state index contributed by atoms with van der Waals surface area (Å²) in [5.41, 5.74) is 1.51. The number of benzene rings is 1. The number of pyridine rings is 1. The molecule has 8 heteroatoms. The maximum absolute atomic E-state index is 12.6. The third kappa shape index (κ3) is 4.71. The van der Waals surface area contributed by atoms with E-state index in [0.29, 0.717) is 17.4 Å². The lowest BCUT2D eigenvalue weighted by Crippen LogP contribution is -2.45. The number of carbonyl (C=O) groups excluding carboxylic acids is 1. The minimum absolute atomic E-state index is 0.000927. The first kappa shape index (κ1) is 19.7. The van der Waals surface area contributed by atoms with Gasteiger partial charge in [0.1, 0.15) is 5.69 Å². The molecule has 1 aliphatic heterocycles. The van der Waals surface area contributed by atoms with E-state index in [9.17, 15) is 4.79 Å². The zero-order valence-electron chi connectivity index (χ0n) is 16.1. The van der Waals surface area contributed by atoms with Gasteiger partial charge in [-0.1, -0.05) is 27.2 Å². The Labute approximate surface area is 177 Å². The summed E-state index contributed by atoms with van der Waals surface area (Å²) in [4.78, 5) is 23.6. The number of carbonyl (C=O) groups is 1. The van der Waals surface area contributed by atoms with Crippen LogP contribution in [0.3, 0.4) is 0 Å². The van der Waals surface area contributed by atoms with Crippen LogP contribution in [0, 0.1) is 0 Å². The van der Waals surface area contributed by atoms with Crippen molar-refractivity contribution in [2.75, 3.05) is 18.4 Å². The first-order valence-corrected chi connectivity index (χ1v) is 10.4. The molecule has 0 spiro atoms. The lowest BCUT2D eigenvalue weighted by Gasteiger charge is -2.34. The number of amides is 1. The van der Waals surface area contributed by atoms with Gasteiger partial charge in [-0.05, 0) is 69.3 Å². The molecule has 0 radical (unpaired) electrons. The van der Waals surface area contributed by atoms with Crippen molar-refractivity contribution < 1.29 is 9.32 Å². The first-order chi connectivity index (χ1) is 14.1. The summed E-state index contributed by atoms with van der Waals surface area (Å²) in [5, 5.41) is 7.05. The highest BCUT2D eigenvalue weighted by Crippen LogP contribution is 2.29. The van der Waals surface area contributed by atoms with Crippen LogP contribution in [0.15, 0.2) is 57.7 Å². The molecule has 1 atom stereocenters. The average Bonchev–Trinajstić information content (AvgIpc) is 3.26. The quantitative estimate of drug-likeness (QED) is 0.623. The molecular weight excluding hydrogens is 434 g/mol. The SMILES string of the molecule is CC(C(=O)Nc1ccc(Br)cc1)N1CCC(c2nc(-c3ccccn3)no2)CC1. The van der Waals surface area contributed by atoms with E-state index in [4.69, 9.17) is 4.52 Å². The van der Waals surface area contributed by atoms with E-state index in [0.717, 1.165) is 36.1 Å². The molecule has 29 heavy (non-hydrogen) atoms. The van der Waals surface area contributed by atoms with E-state index in [1.165, 1.54) is 0 Å². The fourth-order valence-electron chi connectivity index (χ4n) is 3.48. The molecule has 0 bridgehead atoms. The Hall–Kier alpha value is -2.58. The van der Waals surface area contributed by atoms with E-state index >= 15 is 0 Å². The standard InChI is InChI=1S/C21H22BrN5O2/c1-14(20(28)24-17-7-5-16(22)6-8-17)27-12-9-15(10-13-27)21-25-19(26-29-21)18-4-2-3-11-23-18/h2-8,11,14-15H,9-10,12-13H2,1H3,(H,24,28). The Kier molecular flexibility index (Phi) is 6.01. The normalized spacial score (nSPS) is 16.5. The number of hydrogen-bond acceptors (Lipinski definition) is 6. The maximum Gasteiger partial charge on any atom is 0.241 e.